The summed E-state index contributed by atoms with van der Waals surface area (Å²) in [5.74, 6) is -0.451. The first-order valence-electron chi connectivity index (χ1n) is 8.15. The number of carboxylic acid groups (broad SMARTS) is 1. The standard InChI is InChI=1S/C17H25NO4/c1-12-11-22-14(9-15(19)20)16(12)17(21)18-10-13-7-5-3-2-4-6-8-13/h11,13H,2-10H2,1H3,(H,18,21)(H,19,20). The maximum absolute atomic E-state index is 12.4. The van der Waals surface area contributed by atoms with Crippen molar-refractivity contribution < 1.29 is 19.1 Å². The Morgan fingerprint density at radius 1 is 1.23 bits per heavy atom. The number of aliphatic carboxylic acids is 1. The molecule has 2 rings (SSSR count). The minimum absolute atomic E-state index is 0.218. The van der Waals surface area contributed by atoms with Crippen LogP contribution in [0.4, 0.5) is 0 Å². The Bertz CT molecular complexity index is 513. The molecule has 0 bridgehead atoms. The fourth-order valence-corrected chi connectivity index (χ4v) is 3.14. The Kier molecular flexibility index (Phi) is 6.04. The van der Waals surface area contributed by atoms with Crippen LogP contribution >= 0.6 is 0 Å². The highest BCUT2D eigenvalue weighted by Crippen LogP contribution is 2.22. The van der Waals surface area contributed by atoms with Gasteiger partial charge in [0.15, 0.2) is 0 Å². The Balaban J connectivity index is 1.94. The number of furan rings is 1. The minimum atomic E-state index is -0.997. The first-order valence-corrected chi connectivity index (χ1v) is 8.15. The quantitative estimate of drug-likeness (QED) is 0.874. The second-order valence-electron chi connectivity index (χ2n) is 6.21. The lowest BCUT2D eigenvalue weighted by molar-refractivity contribution is -0.136. The fraction of sp³-hybridized carbons (Fsp3) is 0.647. The highest BCUT2D eigenvalue weighted by molar-refractivity contribution is 5.97. The van der Waals surface area contributed by atoms with E-state index in [1.807, 2.05) is 0 Å². The normalized spacial score (nSPS) is 16.8. The number of rotatable bonds is 5. The van der Waals surface area contributed by atoms with Gasteiger partial charge in [-0.3, -0.25) is 9.59 Å². The molecule has 1 aliphatic carbocycles. The average Bonchev–Trinajstić information content (AvgIpc) is 2.77. The van der Waals surface area contributed by atoms with Gasteiger partial charge in [-0.05, 0) is 25.7 Å². The van der Waals surface area contributed by atoms with Gasteiger partial charge in [0.25, 0.3) is 5.91 Å². The van der Waals surface area contributed by atoms with Gasteiger partial charge in [0.1, 0.15) is 12.2 Å². The smallest absolute Gasteiger partial charge is 0.311 e. The maximum Gasteiger partial charge on any atom is 0.311 e. The van der Waals surface area contributed by atoms with Gasteiger partial charge in [0.05, 0.1) is 11.8 Å². The van der Waals surface area contributed by atoms with Crippen LogP contribution in [0.5, 0.6) is 0 Å². The van der Waals surface area contributed by atoms with Crippen LogP contribution < -0.4 is 5.32 Å². The van der Waals surface area contributed by atoms with Crippen molar-refractivity contribution in [2.45, 2.75) is 58.3 Å². The number of aryl methyl sites for hydroxylation is 1. The molecule has 0 aliphatic heterocycles. The van der Waals surface area contributed by atoms with Gasteiger partial charge >= 0.3 is 5.97 Å². The van der Waals surface area contributed by atoms with Crippen LogP contribution in [0.15, 0.2) is 10.7 Å². The second-order valence-corrected chi connectivity index (χ2v) is 6.21. The molecule has 1 aliphatic rings. The zero-order chi connectivity index (χ0) is 15.9. The van der Waals surface area contributed by atoms with Crippen LogP contribution in [0.25, 0.3) is 0 Å². The Morgan fingerprint density at radius 2 is 1.86 bits per heavy atom. The van der Waals surface area contributed by atoms with Crippen molar-refractivity contribution >= 4 is 11.9 Å². The van der Waals surface area contributed by atoms with E-state index in [1.54, 1.807) is 6.92 Å². The third kappa shape index (κ3) is 4.61. The molecule has 0 aromatic carbocycles. The first-order chi connectivity index (χ1) is 10.6. The Hall–Kier alpha value is -1.78. The van der Waals surface area contributed by atoms with E-state index in [0.29, 0.717) is 23.6 Å². The summed E-state index contributed by atoms with van der Waals surface area (Å²) < 4.78 is 5.21. The highest BCUT2D eigenvalue weighted by atomic mass is 16.4. The van der Waals surface area contributed by atoms with Crippen molar-refractivity contribution in [1.29, 1.82) is 0 Å². The van der Waals surface area contributed by atoms with Gasteiger partial charge < -0.3 is 14.8 Å². The van der Waals surface area contributed by atoms with Crippen LogP contribution in [0.3, 0.4) is 0 Å². The number of nitrogens with one attached hydrogen (secondary N) is 1. The summed E-state index contributed by atoms with van der Waals surface area (Å²) in [4.78, 5) is 23.2. The molecule has 0 atom stereocenters. The van der Waals surface area contributed by atoms with Gasteiger partial charge in [0.2, 0.25) is 0 Å². The van der Waals surface area contributed by atoms with E-state index in [4.69, 9.17) is 9.52 Å². The van der Waals surface area contributed by atoms with Crippen LogP contribution in [-0.4, -0.2) is 23.5 Å². The molecule has 1 amide bonds. The average molecular weight is 307 g/mol. The summed E-state index contributed by atoms with van der Waals surface area (Å²) in [7, 11) is 0. The summed E-state index contributed by atoms with van der Waals surface area (Å²) in [6.45, 7) is 2.43. The summed E-state index contributed by atoms with van der Waals surface area (Å²) in [5.41, 5.74) is 1.07. The first kappa shape index (κ1) is 16.6. The van der Waals surface area contributed by atoms with E-state index in [-0.39, 0.29) is 18.1 Å². The third-order valence-electron chi connectivity index (χ3n) is 4.37. The van der Waals surface area contributed by atoms with Crippen molar-refractivity contribution in [1.82, 2.24) is 5.32 Å². The maximum atomic E-state index is 12.4. The molecule has 0 spiro atoms. The van der Waals surface area contributed by atoms with Gasteiger partial charge in [-0.15, -0.1) is 0 Å². The number of carboxylic acids is 1. The SMILES string of the molecule is Cc1coc(CC(=O)O)c1C(=O)NCC1CCCCCCC1. The largest absolute Gasteiger partial charge is 0.481 e. The molecule has 1 heterocycles. The number of carbonyl (C=O) groups excluding carboxylic acids is 1. The van der Waals surface area contributed by atoms with Crippen molar-refractivity contribution in [3.63, 3.8) is 0 Å². The van der Waals surface area contributed by atoms with E-state index >= 15 is 0 Å². The molecule has 1 aromatic rings. The number of hydrogen-bond acceptors (Lipinski definition) is 3. The van der Waals surface area contributed by atoms with Gasteiger partial charge in [-0.1, -0.05) is 32.1 Å². The van der Waals surface area contributed by atoms with E-state index in [2.05, 4.69) is 5.32 Å². The molecule has 1 saturated carbocycles. The van der Waals surface area contributed by atoms with Crippen molar-refractivity contribution in [3.05, 3.63) is 23.2 Å². The lowest BCUT2D eigenvalue weighted by atomic mass is 9.91. The van der Waals surface area contributed by atoms with Crippen LogP contribution in [0, 0.1) is 12.8 Å². The van der Waals surface area contributed by atoms with Gasteiger partial charge in [0, 0.05) is 12.1 Å². The predicted molar refractivity (Wildman–Crippen MR) is 82.9 cm³/mol. The molecule has 1 aromatic heterocycles. The summed E-state index contributed by atoms with van der Waals surface area (Å²) in [6, 6.07) is 0. The molecule has 1 fully saturated rings. The summed E-state index contributed by atoms with van der Waals surface area (Å²) in [6.07, 6.45) is 9.86. The van der Waals surface area contributed by atoms with E-state index < -0.39 is 5.97 Å². The zero-order valence-corrected chi connectivity index (χ0v) is 13.2. The molecule has 5 heteroatoms. The molecule has 0 saturated heterocycles. The number of carbonyl (C=O) groups is 2. The van der Waals surface area contributed by atoms with Crippen LogP contribution in [0.1, 0.15) is 66.6 Å². The molecular weight excluding hydrogens is 282 g/mol. The zero-order valence-electron chi connectivity index (χ0n) is 13.2. The van der Waals surface area contributed by atoms with E-state index in [0.717, 1.165) is 12.8 Å². The summed E-state index contributed by atoms with van der Waals surface area (Å²) in [5, 5.41) is 11.8. The third-order valence-corrected chi connectivity index (χ3v) is 4.37. The Morgan fingerprint density at radius 3 is 2.50 bits per heavy atom. The monoisotopic (exact) mass is 307 g/mol. The second kappa shape index (κ2) is 8.01. The number of amides is 1. The molecular formula is C17H25NO4. The highest BCUT2D eigenvalue weighted by Gasteiger charge is 2.21. The molecule has 122 valence electrons. The van der Waals surface area contributed by atoms with E-state index in [1.165, 1.54) is 38.4 Å². The van der Waals surface area contributed by atoms with Crippen molar-refractivity contribution in [2.75, 3.05) is 6.54 Å². The predicted octanol–water partition coefficient (Wildman–Crippen LogP) is 3.31. The lowest BCUT2D eigenvalue weighted by Gasteiger charge is -2.20. The van der Waals surface area contributed by atoms with Gasteiger partial charge in [-0.2, -0.15) is 0 Å². The van der Waals surface area contributed by atoms with Crippen LogP contribution in [-0.2, 0) is 11.2 Å². The topological polar surface area (TPSA) is 79.5 Å². The molecule has 0 radical (unpaired) electrons. The molecule has 5 nitrogen and oxygen atoms in total. The summed E-state index contributed by atoms with van der Waals surface area (Å²) >= 11 is 0. The molecule has 22 heavy (non-hydrogen) atoms. The van der Waals surface area contributed by atoms with Crippen LogP contribution in [0.2, 0.25) is 0 Å². The Labute approximate surface area is 131 Å². The minimum Gasteiger partial charge on any atom is -0.481 e. The number of hydrogen-bond donors (Lipinski definition) is 2. The lowest BCUT2D eigenvalue weighted by Crippen LogP contribution is -2.30. The van der Waals surface area contributed by atoms with E-state index in [9.17, 15) is 9.59 Å². The van der Waals surface area contributed by atoms with Crippen molar-refractivity contribution in [3.8, 4) is 0 Å². The molecule has 2 N–H and O–H groups in total. The van der Waals surface area contributed by atoms with Gasteiger partial charge in [-0.25, -0.2) is 0 Å². The molecule has 0 unspecified atom stereocenters. The van der Waals surface area contributed by atoms with Crippen molar-refractivity contribution in [2.24, 2.45) is 5.92 Å². The fourth-order valence-electron chi connectivity index (χ4n) is 3.14.